The molecule has 0 aromatic heterocycles. The van der Waals surface area contributed by atoms with Gasteiger partial charge in [0.05, 0.1) is 0 Å². The number of rotatable bonds is 10. The van der Waals surface area contributed by atoms with E-state index in [0.29, 0.717) is 6.61 Å². The van der Waals surface area contributed by atoms with E-state index in [1.54, 1.807) is 0 Å². The van der Waals surface area contributed by atoms with Crippen LogP contribution in [0.25, 0.3) is 0 Å². The molecule has 0 aromatic rings. The zero-order chi connectivity index (χ0) is 11.6. The standard InChI is InChI=1S/C13H29NO/c1-4-5-6-7-8-10-13(2,3)14-11-9-12-15/h14-15H,4-12H2,1-3H3. The normalized spacial score (nSPS) is 12.0. The Bertz CT molecular complexity index is 134. The van der Waals surface area contributed by atoms with Crippen LogP contribution in [0.1, 0.15) is 65.7 Å². The van der Waals surface area contributed by atoms with Crippen LogP contribution in [0.4, 0.5) is 0 Å². The topological polar surface area (TPSA) is 32.3 Å². The van der Waals surface area contributed by atoms with Crippen LogP contribution in [0.2, 0.25) is 0 Å². The summed E-state index contributed by atoms with van der Waals surface area (Å²) in [6.45, 7) is 7.98. The summed E-state index contributed by atoms with van der Waals surface area (Å²) in [5.74, 6) is 0. The van der Waals surface area contributed by atoms with E-state index in [9.17, 15) is 0 Å². The number of aliphatic hydroxyl groups is 1. The number of nitrogens with one attached hydrogen (secondary N) is 1. The second-order valence-corrected chi connectivity index (χ2v) is 5.05. The molecule has 0 aliphatic heterocycles. The van der Waals surface area contributed by atoms with E-state index >= 15 is 0 Å². The molecule has 0 fully saturated rings. The molecule has 0 amide bonds. The first-order valence-corrected chi connectivity index (χ1v) is 6.48. The molecule has 0 aliphatic carbocycles. The molecular weight excluding hydrogens is 186 g/mol. The average molecular weight is 215 g/mol. The minimum absolute atomic E-state index is 0.237. The Morgan fingerprint density at radius 3 is 2.27 bits per heavy atom. The fraction of sp³-hybridized carbons (Fsp3) is 1.00. The number of aliphatic hydroxyl groups excluding tert-OH is 1. The van der Waals surface area contributed by atoms with Crippen molar-refractivity contribution in [2.45, 2.75) is 71.3 Å². The van der Waals surface area contributed by atoms with Crippen LogP contribution in [-0.4, -0.2) is 23.8 Å². The molecule has 0 bridgehead atoms. The summed E-state index contributed by atoms with van der Waals surface area (Å²) in [6, 6.07) is 0. The maximum atomic E-state index is 8.70. The summed E-state index contributed by atoms with van der Waals surface area (Å²) in [6.07, 6.45) is 8.85. The van der Waals surface area contributed by atoms with Gasteiger partial charge in [0.1, 0.15) is 0 Å². The molecule has 0 saturated heterocycles. The lowest BCUT2D eigenvalue weighted by molar-refractivity contribution is 0.270. The largest absolute Gasteiger partial charge is 0.396 e. The van der Waals surface area contributed by atoms with Crippen molar-refractivity contribution in [3.63, 3.8) is 0 Å². The van der Waals surface area contributed by atoms with Crippen molar-refractivity contribution >= 4 is 0 Å². The maximum absolute atomic E-state index is 8.70. The molecule has 0 spiro atoms. The van der Waals surface area contributed by atoms with Gasteiger partial charge in [-0.1, -0.05) is 39.0 Å². The maximum Gasteiger partial charge on any atom is 0.0443 e. The second-order valence-electron chi connectivity index (χ2n) is 5.05. The van der Waals surface area contributed by atoms with Gasteiger partial charge in [0.25, 0.3) is 0 Å². The summed E-state index contributed by atoms with van der Waals surface area (Å²) in [4.78, 5) is 0. The molecule has 0 rings (SSSR count). The molecule has 92 valence electrons. The third-order valence-electron chi connectivity index (χ3n) is 2.84. The van der Waals surface area contributed by atoms with Crippen molar-refractivity contribution in [1.82, 2.24) is 5.32 Å². The zero-order valence-electron chi connectivity index (χ0n) is 10.8. The van der Waals surface area contributed by atoms with Crippen LogP contribution in [0.15, 0.2) is 0 Å². The number of unbranched alkanes of at least 4 members (excludes halogenated alkanes) is 4. The van der Waals surface area contributed by atoms with Gasteiger partial charge in [-0.05, 0) is 33.2 Å². The first-order valence-electron chi connectivity index (χ1n) is 6.48. The van der Waals surface area contributed by atoms with E-state index < -0.39 is 0 Å². The summed E-state index contributed by atoms with van der Waals surface area (Å²) < 4.78 is 0. The van der Waals surface area contributed by atoms with Gasteiger partial charge in [-0.25, -0.2) is 0 Å². The smallest absolute Gasteiger partial charge is 0.0443 e. The minimum atomic E-state index is 0.237. The van der Waals surface area contributed by atoms with Gasteiger partial charge in [0.2, 0.25) is 0 Å². The highest BCUT2D eigenvalue weighted by Crippen LogP contribution is 2.14. The SMILES string of the molecule is CCCCCCCC(C)(C)NCCCO. The lowest BCUT2D eigenvalue weighted by Crippen LogP contribution is -2.39. The van der Waals surface area contributed by atoms with Crippen LogP contribution in [0.3, 0.4) is 0 Å². The predicted octanol–water partition coefficient (Wildman–Crippen LogP) is 3.10. The fourth-order valence-electron chi connectivity index (χ4n) is 1.76. The van der Waals surface area contributed by atoms with E-state index in [2.05, 4.69) is 26.1 Å². The molecule has 0 heterocycles. The zero-order valence-corrected chi connectivity index (χ0v) is 10.8. The highest BCUT2D eigenvalue weighted by Gasteiger charge is 2.15. The predicted molar refractivity (Wildman–Crippen MR) is 67.2 cm³/mol. The van der Waals surface area contributed by atoms with Gasteiger partial charge < -0.3 is 10.4 Å². The Morgan fingerprint density at radius 1 is 1.00 bits per heavy atom. The van der Waals surface area contributed by atoms with Crippen LogP contribution in [0.5, 0.6) is 0 Å². The summed E-state index contributed by atoms with van der Waals surface area (Å²) in [5, 5.41) is 12.2. The lowest BCUT2D eigenvalue weighted by atomic mass is 9.96. The molecular formula is C13H29NO. The third-order valence-corrected chi connectivity index (χ3v) is 2.84. The van der Waals surface area contributed by atoms with E-state index in [-0.39, 0.29) is 5.54 Å². The molecule has 15 heavy (non-hydrogen) atoms. The first-order chi connectivity index (χ1) is 7.12. The van der Waals surface area contributed by atoms with E-state index in [4.69, 9.17) is 5.11 Å². The Labute approximate surface area is 95.5 Å². The Balaban J connectivity index is 3.38. The highest BCUT2D eigenvalue weighted by molar-refractivity contribution is 4.76. The van der Waals surface area contributed by atoms with Gasteiger partial charge in [0, 0.05) is 12.1 Å². The quantitative estimate of drug-likeness (QED) is 0.549. The van der Waals surface area contributed by atoms with Crippen molar-refractivity contribution in [3.8, 4) is 0 Å². The second kappa shape index (κ2) is 9.17. The molecule has 0 aliphatic rings. The van der Waals surface area contributed by atoms with Crippen LogP contribution in [0, 0.1) is 0 Å². The molecule has 0 unspecified atom stereocenters. The molecule has 0 radical (unpaired) electrons. The van der Waals surface area contributed by atoms with E-state index in [1.807, 2.05) is 0 Å². The van der Waals surface area contributed by atoms with Crippen LogP contribution < -0.4 is 5.32 Å². The van der Waals surface area contributed by atoms with Crippen molar-refractivity contribution in [3.05, 3.63) is 0 Å². The van der Waals surface area contributed by atoms with Gasteiger partial charge in [0.15, 0.2) is 0 Å². The van der Waals surface area contributed by atoms with Crippen molar-refractivity contribution in [1.29, 1.82) is 0 Å². The lowest BCUT2D eigenvalue weighted by Gasteiger charge is -2.26. The first kappa shape index (κ1) is 14.9. The molecule has 2 N–H and O–H groups in total. The summed E-state index contributed by atoms with van der Waals surface area (Å²) in [7, 11) is 0. The number of hydrogen-bond donors (Lipinski definition) is 2. The molecule has 2 nitrogen and oxygen atoms in total. The minimum Gasteiger partial charge on any atom is -0.396 e. The van der Waals surface area contributed by atoms with Gasteiger partial charge in [-0.2, -0.15) is 0 Å². The van der Waals surface area contributed by atoms with Gasteiger partial charge in [-0.3, -0.25) is 0 Å². The fourth-order valence-corrected chi connectivity index (χ4v) is 1.76. The van der Waals surface area contributed by atoms with Crippen LogP contribution in [-0.2, 0) is 0 Å². The summed E-state index contributed by atoms with van der Waals surface area (Å²) >= 11 is 0. The Morgan fingerprint density at radius 2 is 1.67 bits per heavy atom. The molecule has 0 aromatic carbocycles. The van der Waals surface area contributed by atoms with Crippen molar-refractivity contribution in [2.75, 3.05) is 13.2 Å². The molecule has 2 heteroatoms. The average Bonchev–Trinajstić information content (AvgIpc) is 2.17. The highest BCUT2D eigenvalue weighted by atomic mass is 16.3. The Hall–Kier alpha value is -0.0800. The number of hydrogen-bond acceptors (Lipinski definition) is 2. The Kier molecular flexibility index (Phi) is 9.12. The van der Waals surface area contributed by atoms with Crippen LogP contribution >= 0.6 is 0 Å². The van der Waals surface area contributed by atoms with E-state index in [1.165, 1.54) is 38.5 Å². The third kappa shape index (κ3) is 10.2. The molecule has 0 saturated carbocycles. The van der Waals surface area contributed by atoms with Gasteiger partial charge >= 0.3 is 0 Å². The van der Waals surface area contributed by atoms with Crippen molar-refractivity contribution < 1.29 is 5.11 Å². The summed E-state index contributed by atoms with van der Waals surface area (Å²) in [5.41, 5.74) is 0.237. The van der Waals surface area contributed by atoms with Gasteiger partial charge in [-0.15, -0.1) is 0 Å². The monoisotopic (exact) mass is 215 g/mol. The molecule has 0 atom stereocenters. The van der Waals surface area contributed by atoms with E-state index in [0.717, 1.165) is 13.0 Å². The van der Waals surface area contributed by atoms with Crippen molar-refractivity contribution in [2.24, 2.45) is 0 Å².